The van der Waals surface area contributed by atoms with Crippen LogP contribution in [-0.4, -0.2) is 41.8 Å². The summed E-state index contributed by atoms with van der Waals surface area (Å²) in [4.78, 5) is 27.6. The highest BCUT2D eigenvalue weighted by atomic mass is 16.5. The molecule has 0 radical (unpaired) electrons. The maximum Gasteiger partial charge on any atom is 0.293 e. The fourth-order valence-electron chi connectivity index (χ4n) is 1.50. The molecule has 0 spiro atoms. The van der Waals surface area contributed by atoms with Crippen LogP contribution in [0.25, 0.3) is 0 Å². The highest BCUT2D eigenvalue weighted by Crippen LogP contribution is 1.97. The molecule has 7 nitrogen and oxygen atoms in total. The van der Waals surface area contributed by atoms with Gasteiger partial charge in [0.05, 0.1) is 6.61 Å². The first-order valence-corrected chi connectivity index (χ1v) is 6.18. The van der Waals surface area contributed by atoms with E-state index in [2.05, 4.69) is 15.6 Å². The van der Waals surface area contributed by atoms with E-state index in [-0.39, 0.29) is 17.3 Å². The summed E-state index contributed by atoms with van der Waals surface area (Å²) in [6, 6.07) is -0.537. The monoisotopic (exact) mass is 268 g/mol. The van der Waals surface area contributed by atoms with Gasteiger partial charge in [-0.15, -0.1) is 0 Å². The number of hydrogen-bond acceptors (Lipinski definition) is 5. The van der Waals surface area contributed by atoms with Crippen molar-refractivity contribution in [2.75, 3.05) is 25.6 Å². The van der Waals surface area contributed by atoms with Gasteiger partial charge < -0.3 is 19.9 Å². The average molecular weight is 268 g/mol. The first-order valence-electron chi connectivity index (χ1n) is 6.18. The zero-order valence-corrected chi connectivity index (χ0v) is 11.5. The Hall–Kier alpha value is -1.89. The van der Waals surface area contributed by atoms with Crippen molar-refractivity contribution < 1.29 is 9.53 Å². The summed E-state index contributed by atoms with van der Waals surface area (Å²) in [7, 11) is 1.56. The quantitative estimate of drug-likeness (QED) is 0.670. The van der Waals surface area contributed by atoms with E-state index < -0.39 is 6.04 Å². The van der Waals surface area contributed by atoms with E-state index in [0.29, 0.717) is 19.7 Å². The molecule has 2 N–H and O–H groups in total. The van der Waals surface area contributed by atoms with Gasteiger partial charge in [-0.25, -0.2) is 4.98 Å². The van der Waals surface area contributed by atoms with Crippen LogP contribution in [0.2, 0.25) is 0 Å². The Balaban J connectivity index is 2.64. The number of carbonyl (C=O) groups is 1. The van der Waals surface area contributed by atoms with Gasteiger partial charge in [-0.3, -0.25) is 9.59 Å². The van der Waals surface area contributed by atoms with Crippen LogP contribution in [-0.2, 0) is 16.1 Å². The molecule has 7 heteroatoms. The van der Waals surface area contributed by atoms with Crippen LogP contribution >= 0.6 is 0 Å². The zero-order valence-electron chi connectivity index (χ0n) is 11.5. The van der Waals surface area contributed by atoms with Crippen LogP contribution in [0.4, 0.5) is 5.82 Å². The molecular weight excluding hydrogens is 248 g/mol. The highest BCUT2D eigenvalue weighted by Gasteiger charge is 2.14. The first kappa shape index (κ1) is 15.2. The number of nitrogens with one attached hydrogen (secondary N) is 2. The van der Waals surface area contributed by atoms with Crippen LogP contribution in [0.15, 0.2) is 17.2 Å². The SMILES string of the molecule is CCn1ccnc(NC(C)C(=O)NCCOC)c1=O. The Kier molecular flexibility index (Phi) is 6.01. The van der Waals surface area contributed by atoms with Crippen LogP contribution in [0.5, 0.6) is 0 Å². The number of aromatic nitrogens is 2. The molecule has 1 rings (SSSR count). The Morgan fingerprint density at radius 1 is 1.58 bits per heavy atom. The zero-order chi connectivity index (χ0) is 14.3. The van der Waals surface area contributed by atoms with Gasteiger partial charge in [-0.2, -0.15) is 0 Å². The molecule has 0 aliphatic rings. The number of carbonyl (C=O) groups excluding carboxylic acids is 1. The Bertz CT molecular complexity index is 472. The lowest BCUT2D eigenvalue weighted by Gasteiger charge is -2.14. The number of rotatable bonds is 7. The minimum Gasteiger partial charge on any atom is -0.383 e. The number of hydrogen-bond donors (Lipinski definition) is 2. The molecule has 1 atom stereocenters. The molecular formula is C12H20N4O3. The summed E-state index contributed by atoms with van der Waals surface area (Å²) in [5.74, 6) is -0.0242. The number of amides is 1. The van der Waals surface area contributed by atoms with Crippen molar-refractivity contribution in [1.29, 1.82) is 0 Å². The number of anilines is 1. The lowest BCUT2D eigenvalue weighted by molar-refractivity contribution is -0.121. The van der Waals surface area contributed by atoms with Gasteiger partial charge >= 0.3 is 0 Å². The van der Waals surface area contributed by atoms with Crippen LogP contribution in [0, 0.1) is 0 Å². The van der Waals surface area contributed by atoms with Crippen molar-refractivity contribution >= 4 is 11.7 Å². The van der Waals surface area contributed by atoms with Gasteiger partial charge in [0.2, 0.25) is 5.91 Å². The van der Waals surface area contributed by atoms with E-state index in [9.17, 15) is 9.59 Å². The van der Waals surface area contributed by atoms with Gasteiger partial charge in [0.25, 0.3) is 5.56 Å². The highest BCUT2D eigenvalue weighted by molar-refractivity contribution is 5.83. The topological polar surface area (TPSA) is 85.2 Å². The second kappa shape index (κ2) is 7.52. The molecule has 1 unspecified atom stereocenters. The molecule has 1 aromatic rings. The third-order valence-corrected chi connectivity index (χ3v) is 2.61. The van der Waals surface area contributed by atoms with E-state index in [0.717, 1.165) is 0 Å². The van der Waals surface area contributed by atoms with Crippen molar-refractivity contribution in [1.82, 2.24) is 14.9 Å². The van der Waals surface area contributed by atoms with Crippen molar-refractivity contribution in [3.05, 3.63) is 22.7 Å². The third-order valence-electron chi connectivity index (χ3n) is 2.61. The number of nitrogens with zero attached hydrogens (tertiary/aromatic N) is 2. The molecule has 1 amide bonds. The lowest BCUT2D eigenvalue weighted by atomic mass is 10.3. The number of aryl methyl sites for hydroxylation is 1. The maximum atomic E-state index is 11.9. The van der Waals surface area contributed by atoms with Crippen LogP contribution < -0.4 is 16.2 Å². The second-order valence-corrected chi connectivity index (χ2v) is 4.02. The summed E-state index contributed by atoms with van der Waals surface area (Å²) in [5.41, 5.74) is -0.235. The van der Waals surface area contributed by atoms with Crippen LogP contribution in [0.1, 0.15) is 13.8 Å². The van der Waals surface area contributed by atoms with Gasteiger partial charge in [0, 0.05) is 32.6 Å². The van der Waals surface area contributed by atoms with E-state index in [1.165, 1.54) is 10.8 Å². The standard InChI is InChI=1S/C12H20N4O3/c1-4-16-7-5-13-10(12(16)18)15-9(2)11(17)14-6-8-19-3/h5,7,9H,4,6,8H2,1-3H3,(H,13,15)(H,14,17). The minimum atomic E-state index is -0.537. The third kappa shape index (κ3) is 4.36. The van der Waals surface area contributed by atoms with Crippen LogP contribution in [0.3, 0.4) is 0 Å². The normalized spacial score (nSPS) is 11.9. The molecule has 1 aromatic heterocycles. The fourth-order valence-corrected chi connectivity index (χ4v) is 1.50. The predicted octanol–water partition coefficient (Wildman–Crippen LogP) is -0.174. The number of ether oxygens (including phenoxy) is 1. The lowest BCUT2D eigenvalue weighted by Crippen LogP contribution is -2.40. The second-order valence-electron chi connectivity index (χ2n) is 4.02. The molecule has 1 heterocycles. The van der Waals surface area contributed by atoms with E-state index in [1.54, 1.807) is 20.2 Å². The van der Waals surface area contributed by atoms with Gasteiger partial charge in [-0.05, 0) is 13.8 Å². The van der Waals surface area contributed by atoms with Gasteiger partial charge in [-0.1, -0.05) is 0 Å². The fraction of sp³-hybridized carbons (Fsp3) is 0.583. The maximum absolute atomic E-state index is 11.9. The molecule has 0 aromatic carbocycles. The molecule has 19 heavy (non-hydrogen) atoms. The van der Waals surface area contributed by atoms with Crippen molar-refractivity contribution in [2.24, 2.45) is 0 Å². The molecule has 106 valence electrons. The van der Waals surface area contributed by atoms with Gasteiger partial charge in [0.15, 0.2) is 5.82 Å². The van der Waals surface area contributed by atoms with E-state index >= 15 is 0 Å². The summed E-state index contributed by atoms with van der Waals surface area (Å²) < 4.78 is 6.36. The van der Waals surface area contributed by atoms with Gasteiger partial charge in [0.1, 0.15) is 6.04 Å². The smallest absolute Gasteiger partial charge is 0.293 e. The summed E-state index contributed by atoms with van der Waals surface area (Å²) in [5, 5.41) is 5.50. The van der Waals surface area contributed by atoms with E-state index in [1.807, 2.05) is 6.92 Å². The van der Waals surface area contributed by atoms with Crippen molar-refractivity contribution in [3.8, 4) is 0 Å². The van der Waals surface area contributed by atoms with Crippen molar-refractivity contribution in [3.63, 3.8) is 0 Å². The Labute approximate surface area is 112 Å². The molecule has 0 bridgehead atoms. The Morgan fingerprint density at radius 3 is 2.95 bits per heavy atom. The number of methoxy groups -OCH3 is 1. The molecule has 0 aliphatic carbocycles. The Morgan fingerprint density at radius 2 is 2.32 bits per heavy atom. The summed E-state index contributed by atoms with van der Waals surface area (Å²) >= 11 is 0. The molecule has 0 aliphatic heterocycles. The average Bonchev–Trinajstić information content (AvgIpc) is 2.41. The molecule has 0 fully saturated rings. The molecule has 0 saturated carbocycles. The van der Waals surface area contributed by atoms with E-state index in [4.69, 9.17) is 4.74 Å². The predicted molar refractivity (Wildman–Crippen MR) is 72.1 cm³/mol. The first-order chi connectivity index (χ1) is 9.10. The summed E-state index contributed by atoms with van der Waals surface area (Å²) in [6.07, 6.45) is 3.14. The minimum absolute atomic E-state index is 0.179. The molecule has 0 saturated heterocycles. The summed E-state index contributed by atoms with van der Waals surface area (Å²) in [6.45, 7) is 4.98. The largest absolute Gasteiger partial charge is 0.383 e. The van der Waals surface area contributed by atoms with Crippen molar-refractivity contribution in [2.45, 2.75) is 26.4 Å².